The third-order valence-electron chi connectivity index (χ3n) is 4.76. The van der Waals surface area contributed by atoms with E-state index in [9.17, 15) is 14.3 Å². The Hall–Kier alpha value is -2.50. The molecule has 0 aliphatic heterocycles. The highest BCUT2D eigenvalue weighted by Crippen LogP contribution is 2.40. The number of benzene rings is 2. The molecule has 0 saturated heterocycles. The van der Waals surface area contributed by atoms with Gasteiger partial charge in [0.2, 0.25) is 0 Å². The summed E-state index contributed by atoms with van der Waals surface area (Å²) in [6.07, 6.45) is -0.874. The summed E-state index contributed by atoms with van der Waals surface area (Å²) in [4.78, 5) is 16.9. The minimum Gasteiger partial charge on any atom is -0.479 e. The normalized spacial score (nSPS) is 12.9. The molecular formula is C24H25ClFNO3. The lowest BCUT2D eigenvalue weighted by molar-refractivity contribution is -0.160. The third kappa shape index (κ3) is 4.79. The van der Waals surface area contributed by atoms with Crippen molar-refractivity contribution in [2.75, 3.05) is 6.67 Å². The van der Waals surface area contributed by atoms with Gasteiger partial charge in [-0.3, -0.25) is 9.37 Å². The van der Waals surface area contributed by atoms with Crippen LogP contribution < -0.4 is 0 Å². The van der Waals surface area contributed by atoms with E-state index in [1.165, 1.54) is 0 Å². The number of nitrogens with zero attached hydrogens (tertiary/aromatic N) is 1. The first-order valence-corrected chi connectivity index (χ1v) is 10.1. The number of ether oxygens (including phenoxy) is 1. The Morgan fingerprint density at radius 2 is 1.87 bits per heavy atom. The second kappa shape index (κ2) is 8.70. The molecule has 0 fully saturated rings. The number of carboxylic acids is 1. The van der Waals surface area contributed by atoms with E-state index in [0.29, 0.717) is 33.8 Å². The summed E-state index contributed by atoms with van der Waals surface area (Å²) in [6, 6.07) is 12.8. The number of aromatic nitrogens is 1. The van der Waals surface area contributed by atoms with Crippen LogP contribution in [0.25, 0.3) is 22.0 Å². The van der Waals surface area contributed by atoms with E-state index in [1.807, 2.05) is 51.1 Å². The highest BCUT2D eigenvalue weighted by atomic mass is 35.5. The Kier molecular flexibility index (Phi) is 6.44. The van der Waals surface area contributed by atoms with Crippen LogP contribution in [-0.2, 0) is 16.0 Å². The fourth-order valence-corrected chi connectivity index (χ4v) is 3.71. The van der Waals surface area contributed by atoms with Gasteiger partial charge in [0.15, 0.2) is 6.10 Å². The molecule has 3 rings (SSSR count). The zero-order chi connectivity index (χ0) is 22.1. The van der Waals surface area contributed by atoms with Crippen LogP contribution in [0.5, 0.6) is 0 Å². The maximum Gasteiger partial charge on any atom is 0.337 e. The standard InChI is InChI=1S/C24H25ClFNO3/c1-14-20(22(23(28)29)30-24(2,3)4)21(16-7-5-15(6-8-16)11-12-26)18-13-17(25)9-10-19(18)27-14/h5-10,13,22H,11-12H2,1-4H3,(H,28,29). The molecule has 0 saturated carbocycles. The molecule has 0 spiro atoms. The van der Waals surface area contributed by atoms with E-state index in [2.05, 4.69) is 4.98 Å². The van der Waals surface area contributed by atoms with Crippen LogP contribution in [0.2, 0.25) is 5.02 Å². The van der Waals surface area contributed by atoms with Crippen molar-refractivity contribution in [1.82, 2.24) is 4.98 Å². The monoisotopic (exact) mass is 429 g/mol. The van der Waals surface area contributed by atoms with Crippen molar-refractivity contribution in [3.8, 4) is 11.1 Å². The number of carboxylic acid groups (broad SMARTS) is 1. The Morgan fingerprint density at radius 1 is 1.20 bits per heavy atom. The van der Waals surface area contributed by atoms with E-state index in [0.717, 1.165) is 16.5 Å². The van der Waals surface area contributed by atoms with E-state index >= 15 is 0 Å². The molecule has 2 aromatic carbocycles. The van der Waals surface area contributed by atoms with Gasteiger partial charge in [-0.05, 0) is 62.6 Å². The fourth-order valence-electron chi connectivity index (χ4n) is 3.54. The smallest absolute Gasteiger partial charge is 0.337 e. The topological polar surface area (TPSA) is 59.4 Å². The molecule has 0 bridgehead atoms. The Morgan fingerprint density at radius 3 is 2.43 bits per heavy atom. The maximum absolute atomic E-state index is 12.7. The van der Waals surface area contributed by atoms with Crippen LogP contribution in [0.4, 0.5) is 4.39 Å². The van der Waals surface area contributed by atoms with Crippen LogP contribution in [0.1, 0.15) is 43.7 Å². The van der Waals surface area contributed by atoms with Crippen molar-refractivity contribution >= 4 is 28.5 Å². The molecule has 6 heteroatoms. The lowest BCUT2D eigenvalue weighted by atomic mass is 9.90. The van der Waals surface area contributed by atoms with Gasteiger partial charge in [-0.2, -0.15) is 0 Å². The van der Waals surface area contributed by atoms with Crippen LogP contribution in [0, 0.1) is 6.92 Å². The molecule has 1 aromatic heterocycles. The maximum atomic E-state index is 12.7. The first-order chi connectivity index (χ1) is 14.1. The largest absolute Gasteiger partial charge is 0.479 e. The highest BCUT2D eigenvalue weighted by molar-refractivity contribution is 6.31. The molecule has 1 unspecified atom stereocenters. The lowest BCUT2D eigenvalue weighted by Crippen LogP contribution is -2.28. The summed E-state index contributed by atoms with van der Waals surface area (Å²) in [7, 11) is 0. The molecule has 0 radical (unpaired) electrons. The van der Waals surface area contributed by atoms with E-state index in [1.54, 1.807) is 19.1 Å². The molecule has 0 amide bonds. The van der Waals surface area contributed by atoms with Crippen LogP contribution in [0.15, 0.2) is 42.5 Å². The molecule has 158 valence electrons. The number of carbonyl (C=O) groups is 1. The number of rotatable bonds is 6. The van der Waals surface area contributed by atoms with Gasteiger partial charge in [0, 0.05) is 28.1 Å². The zero-order valence-corrected chi connectivity index (χ0v) is 18.3. The number of aryl methyl sites for hydroxylation is 2. The van der Waals surface area contributed by atoms with Gasteiger partial charge in [-0.15, -0.1) is 0 Å². The van der Waals surface area contributed by atoms with Gasteiger partial charge in [-0.25, -0.2) is 4.79 Å². The molecule has 0 aliphatic carbocycles. The second-order valence-electron chi connectivity index (χ2n) is 8.23. The van der Waals surface area contributed by atoms with E-state index in [-0.39, 0.29) is 0 Å². The minimum absolute atomic E-state index is 0.333. The summed E-state index contributed by atoms with van der Waals surface area (Å²) in [5.41, 5.74) is 3.48. The fraction of sp³-hybridized carbons (Fsp3) is 0.333. The van der Waals surface area contributed by atoms with Crippen molar-refractivity contribution < 1.29 is 19.0 Å². The molecule has 30 heavy (non-hydrogen) atoms. The first-order valence-electron chi connectivity index (χ1n) is 9.76. The molecule has 1 N–H and O–H groups in total. The highest BCUT2D eigenvalue weighted by Gasteiger charge is 2.32. The Bertz CT molecular complexity index is 1070. The summed E-state index contributed by atoms with van der Waals surface area (Å²) < 4.78 is 18.7. The number of alkyl halides is 1. The molecule has 3 aromatic rings. The van der Waals surface area contributed by atoms with Gasteiger partial charge in [0.25, 0.3) is 0 Å². The predicted octanol–water partition coefficient (Wildman–Crippen LogP) is 6.32. The Balaban J connectivity index is 2.34. The van der Waals surface area contributed by atoms with Gasteiger partial charge < -0.3 is 9.84 Å². The summed E-state index contributed by atoms with van der Waals surface area (Å²) in [5, 5.41) is 11.3. The molecule has 1 heterocycles. The SMILES string of the molecule is Cc1nc2ccc(Cl)cc2c(-c2ccc(CCF)cc2)c1C(OC(C)(C)C)C(=O)O. The Labute approximate surface area is 180 Å². The van der Waals surface area contributed by atoms with Crippen LogP contribution in [-0.4, -0.2) is 28.3 Å². The zero-order valence-electron chi connectivity index (χ0n) is 17.5. The quantitative estimate of drug-likeness (QED) is 0.498. The number of hydrogen-bond acceptors (Lipinski definition) is 3. The van der Waals surface area contributed by atoms with Gasteiger partial charge in [-0.1, -0.05) is 35.9 Å². The van der Waals surface area contributed by atoms with Gasteiger partial charge in [0.05, 0.1) is 17.8 Å². The van der Waals surface area contributed by atoms with Crippen LogP contribution >= 0.6 is 11.6 Å². The number of hydrogen-bond donors (Lipinski definition) is 1. The van der Waals surface area contributed by atoms with Gasteiger partial charge in [0.1, 0.15) is 0 Å². The lowest BCUT2D eigenvalue weighted by Gasteiger charge is -2.28. The molecule has 0 aliphatic rings. The van der Waals surface area contributed by atoms with Gasteiger partial charge >= 0.3 is 5.97 Å². The molecule has 4 nitrogen and oxygen atoms in total. The van der Waals surface area contributed by atoms with Crippen molar-refractivity contribution in [3.63, 3.8) is 0 Å². The third-order valence-corrected chi connectivity index (χ3v) is 4.99. The second-order valence-corrected chi connectivity index (χ2v) is 8.67. The summed E-state index contributed by atoms with van der Waals surface area (Å²) in [5.74, 6) is -1.09. The van der Waals surface area contributed by atoms with Crippen molar-refractivity contribution in [2.24, 2.45) is 0 Å². The number of pyridine rings is 1. The van der Waals surface area contributed by atoms with Crippen molar-refractivity contribution in [3.05, 3.63) is 64.3 Å². The molecule has 1 atom stereocenters. The number of halogens is 2. The van der Waals surface area contributed by atoms with Crippen molar-refractivity contribution in [1.29, 1.82) is 0 Å². The molecular weight excluding hydrogens is 405 g/mol. The van der Waals surface area contributed by atoms with E-state index in [4.69, 9.17) is 16.3 Å². The average molecular weight is 430 g/mol. The average Bonchev–Trinajstić information content (AvgIpc) is 2.66. The van der Waals surface area contributed by atoms with Crippen LogP contribution in [0.3, 0.4) is 0 Å². The van der Waals surface area contributed by atoms with E-state index < -0.39 is 24.3 Å². The minimum atomic E-state index is -1.21. The predicted molar refractivity (Wildman–Crippen MR) is 118 cm³/mol. The summed E-state index contributed by atoms with van der Waals surface area (Å²) in [6.45, 7) is 6.80. The summed E-state index contributed by atoms with van der Waals surface area (Å²) >= 11 is 6.27. The van der Waals surface area contributed by atoms with Crippen molar-refractivity contribution in [2.45, 2.75) is 45.8 Å². The first kappa shape index (κ1) is 22.2. The number of aliphatic carboxylic acids is 1. The number of fused-ring (bicyclic) bond motifs is 1.